The zero-order valence-electron chi connectivity index (χ0n) is 21.0. The van der Waals surface area contributed by atoms with Crippen LogP contribution in [0.5, 0.6) is 0 Å². The highest BCUT2D eigenvalue weighted by atomic mass is 19.4. The van der Waals surface area contributed by atoms with Crippen molar-refractivity contribution in [2.75, 3.05) is 49.7 Å². The van der Waals surface area contributed by atoms with Gasteiger partial charge in [-0.3, -0.25) is 9.89 Å². The Morgan fingerprint density at radius 3 is 2.29 bits per heavy atom. The van der Waals surface area contributed by atoms with Crippen LogP contribution in [0.4, 0.5) is 25.1 Å². The van der Waals surface area contributed by atoms with Crippen LogP contribution in [0, 0.1) is 12.8 Å². The summed E-state index contributed by atoms with van der Waals surface area (Å²) < 4.78 is 37.6. The van der Waals surface area contributed by atoms with E-state index in [4.69, 9.17) is 15.0 Å². The van der Waals surface area contributed by atoms with Gasteiger partial charge in [0.25, 0.3) is 0 Å². The molecule has 2 heterocycles. The zero-order chi connectivity index (χ0) is 25.6. The summed E-state index contributed by atoms with van der Waals surface area (Å²) in [4.78, 5) is 24.8. The summed E-state index contributed by atoms with van der Waals surface area (Å²) in [6.07, 6.45) is -0.320. The van der Waals surface area contributed by atoms with Crippen LogP contribution in [-0.2, 0) is 0 Å². The first-order valence-corrected chi connectivity index (χ1v) is 11.8. The van der Waals surface area contributed by atoms with Gasteiger partial charge in [-0.05, 0) is 26.8 Å². The molecular weight excluding hydrogens is 455 g/mol. The van der Waals surface area contributed by atoms with Gasteiger partial charge in [0.2, 0.25) is 11.9 Å². The van der Waals surface area contributed by atoms with Gasteiger partial charge in [-0.1, -0.05) is 42.8 Å². The minimum absolute atomic E-state index is 0.235. The molecule has 2 aromatic rings. The number of hydrogen-bond donors (Lipinski definition) is 0. The molecule has 190 valence electrons. The Hall–Kier alpha value is -3.01. The number of aromatic nitrogens is 3. The van der Waals surface area contributed by atoms with E-state index in [1.807, 2.05) is 43.1 Å². The monoisotopic (exact) mass is 489 g/mol. The second-order valence-corrected chi connectivity index (χ2v) is 9.12. The molecule has 3 rings (SSSR count). The standard InChI is InChI=1S/C25H34F3N7/c1-18(2)33(5)23-30-22(21-10-8-19(3)9-11-21)31-24(32-23)35-15-13-34(14-16-35)17-29-12-6-7-20(4)25(26,27)28/h6-12,18,20H,13-17H2,1-5H3/b7-6-,29-12-. The average Bonchev–Trinajstić information content (AvgIpc) is 2.83. The van der Waals surface area contributed by atoms with E-state index in [-0.39, 0.29) is 6.04 Å². The lowest BCUT2D eigenvalue weighted by atomic mass is 10.1. The normalized spacial score (nSPS) is 16.5. The molecule has 7 nitrogen and oxygen atoms in total. The van der Waals surface area contributed by atoms with Crippen molar-refractivity contribution in [3.8, 4) is 11.4 Å². The SMILES string of the molecule is Cc1ccc(-c2nc(N3CCN(C/N=C\C=C/C(C)C(F)(F)F)CC3)nc(N(C)C(C)C)n2)cc1. The molecule has 0 spiro atoms. The summed E-state index contributed by atoms with van der Waals surface area (Å²) >= 11 is 0. The van der Waals surface area contributed by atoms with E-state index in [9.17, 15) is 13.2 Å². The summed E-state index contributed by atoms with van der Waals surface area (Å²) in [6, 6.07) is 8.37. The van der Waals surface area contributed by atoms with Crippen molar-refractivity contribution < 1.29 is 13.2 Å². The number of halogens is 3. The highest BCUT2D eigenvalue weighted by Gasteiger charge is 2.33. The molecule has 0 saturated carbocycles. The number of allylic oxidation sites excluding steroid dienone is 2. The quantitative estimate of drug-likeness (QED) is 0.506. The molecule has 0 aliphatic carbocycles. The summed E-state index contributed by atoms with van der Waals surface area (Å²) in [7, 11) is 1.97. The number of nitrogens with zero attached hydrogens (tertiary/aromatic N) is 7. The van der Waals surface area contributed by atoms with Crippen LogP contribution >= 0.6 is 0 Å². The minimum atomic E-state index is -4.22. The van der Waals surface area contributed by atoms with Gasteiger partial charge in [0.05, 0.1) is 12.6 Å². The summed E-state index contributed by atoms with van der Waals surface area (Å²) in [5.41, 5.74) is 2.12. The number of anilines is 2. The topological polar surface area (TPSA) is 60.8 Å². The van der Waals surface area contributed by atoms with Gasteiger partial charge in [0.1, 0.15) is 0 Å². The van der Waals surface area contributed by atoms with Gasteiger partial charge >= 0.3 is 6.18 Å². The second kappa shape index (κ2) is 11.6. The number of hydrogen-bond acceptors (Lipinski definition) is 7. The molecule has 0 radical (unpaired) electrons. The fourth-order valence-corrected chi connectivity index (χ4v) is 3.35. The molecule has 0 amide bonds. The average molecular weight is 490 g/mol. The fourth-order valence-electron chi connectivity index (χ4n) is 3.35. The molecular formula is C25H34F3N7. The van der Waals surface area contributed by atoms with Crippen molar-refractivity contribution in [2.24, 2.45) is 10.9 Å². The first-order valence-electron chi connectivity index (χ1n) is 11.8. The van der Waals surface area contributed by atoms with Crippen LogP contribution in [0.2, 0.25) is 0 Å². The zero-order valence-corrected chi connectivity index (χ0v) is 21.0. The third kappa shape index (κ3) is 7.48. The number of alkyl halides is 3. The molecule has 1 aromatic heterocycles. The fraction of sp³-hybridized carbons (Fsp3) is 0.520. The highest BCUT2D eigenvalue weighted by Crippen LogP contribution is 2.26. The number of piperazine rings is 1. The highest BCUT2D eigenvalue weighted by molar-refractivity contribution is 5.71. The van der Waals surface area contributed by atoms with Crippen molar-refractivity contribution in [3.05, 3.63) is 42.0 Å². The van der Waals surface area contributed by atoms with Gasteiger partial charge in [-0.15, -0.1) is 0 Å². The number of rotatable bonds is 8. The maximum Gasteiger partial charge on any atom is 0.394 e. The summed E-state index contributed by atoms with van der Waals surface area (Å²) in [5, 5.41) is 0. The van der Waals surface area contributed by atoms with Crippen molar-refractivity contribution >= 4 is 18.1 Å². The van der Waals surface area contributed by atoms with E-state index < -0.39 is 12.1 Å². The van der Waals surface area contributed by atoms with E-state index in [0.29, 0.717) is 24.4 Å². The molecule has 1 aromatic carbocycles. The molecule has 1 unspecified atom stereocenters. The molecule has 1 aliphatic heterocycles. The van der Waals surface area contributed by atoms with E-state index in [1.54, 1.807) is 0 Å². The second-order valence-electron chi connectivity index (χ2n) is 9.12. The Balaban J connectivity index is 1.66. The van der Waals surface area contributed by atoms with Crippen molar-refractivity contribution in [2.45, 2.75) is 39.9 Å². The van der Waals surface area contributed by atoms with Gasteiger partial charge in [0.15, 0.2) is 5.82 Å². The first-order chi connectivity index (χ1) is 16.5. The molecule has 1 atom stereocenters. The Morgan fingerprint density at radius 1 is 1.03 bits per heavy atom. The van der Waals surface area contributed by atoms with E-state index in [1.165, 1.54) is 17.9 Å². The Kier molecular flexibility index (Phi) is 8.82. The van der Waals surface area contributed by atoms with Gasteiger partial charge in [-0.25, -0.2) is 0 Å². The predicted octanol–water partition coefficient (Wildman–Crippen LogP) is 4.60. The molecule has 10 heteroatoms. The van der Waals surface area contributed by atoms with Crippen LogP contribution in [0.15, 0.2) is 41.4 Å². The van der Waals surface area contributed by atoms with Crippen molar-refractivity contribution in [1.29, 1.82) is 0 Å². The number of benzene rings is 1. The van der Waals surface area contributed by atoms with Gasteiger partial charge in [-0.2, -0.15) is 28.1 Å². The summed E-state index contributed by atoms with van der Waals surface area (Å²) in [5.74, 6) is 0.435. The number of aliphatic imine (C=N–C) groups is 1. The molecule has 1 fully saturated rings. The van der Waals surface area contributed by atoms with Crippen LogP contribution < -0.4 is 9.80 Å². The van der Waals surface area contributed by atoms with Crippen molar-refractivity contribution in [3.63, 3.8) is 0 Å². The van der Waals surface area contributed by atoms with Crippen LogP contribution in [-0.4, -0.2) is 78.2 Å². The molecule has 35 heavy (non-hydrogen) atoms. The lowest BCUT2D eigenvalue weighted by Crippen LogP contribution is -2.47. The molecule has 0 bridgehead atoms. The van der Waals surface area contributed by atoms with E-state index in [0.717, 1.165) is 44.7 Å². The molecule has 0 N–H and O–H groups in total. The van der Waals surface area contributed by atoms with Gasteiger partial charge in [0, 0.05) is 51.0 Å². The largest absolute Gasteiger partial charge is 0.394 e. The predicted molar refractivity (Wildman–Crippen MR) is 135 cm³/mol. The van der Waals surface area contributed by atoms with E-state index in [2.05, 4.69) is 28.6 Å². The van der Waals surface area contributed by atoms with Crippen molar-refractivity contribution in [1.82, 2.24) is 19.9 Å². The van der Waals surface area contributed by atoms with Crippen LogP contribution in [0.3, 0.4) is 0 Å². The van der Waals surface area contributed by atoms with Gasteiger partial charge < -0.3 is 9.80 Å². The molecule has 1 aliphatic rings. The van der Waals surface area contributed by atoms with Crippen LogP contribution in [0.1, 0.15) is 26.3 Å². The smallest absolute Gasteiger partial charge is 0.341 e. The van der Waals surface area contributed by atoms with E-state index >= 15 is 0 Å². The number of aryl methyl sites for hydroxylation is 1. The Morgan fingerprint density at radius 2 is 1.69 bits per heavy atom. The maximum absolute atomic E-state index is 12.5. The Labute approximate surface area is 205 Å². The minimum Gasteiger partial charge on any atom is -0.341 e. The molecule has 1 saturated heterocycles. The Bertz CT molecular complexity index is 1010. The summed E-state index contributed by atoms with van der Waals surface area (Å²) in [6.45, 7) is 10.7. The van der Waals surface area contributed by atoms with Crippen LogP contribution in [0.25, 0.3) is 11.4 Å². The lowest BCUT2D eigenvalue weighted by Gasteiger charge is -2.34. The third-order valence-electron chi connectivity index (χ3n) is 6.06. The first kappa shape index (κ1) is 26.6. The lowest BCUT2D eigenvalue weighted by molar-refractivity contribution is -0.156. The third-order valence-corrected chi connectivity index (χ3v) is 6.06. The maximum atomic E-state index is 12.5.